The number of nitrogens with zero attached hydrogens (tertiary/aromatic N) is 5. The molecule has 7 heteroatoms. The van der Waals surface area contributed by atoms with Crippen molar-refractivity contribution in [2.75, 3.05) is 25.0 Å². The second kappa shape index (κ2) is 5.66. The Morgan fingerprint density at radius 3 is 2.84 bits per heavy atom. The zero-order chi connectivity index (χ0) is 13.8. The van der Waals surface area contributed by atoms with Gasteiger partial charge in [0.15, 0.2) is 0 Å². The summed E-state index contributed by atoms with van der Waals surface area (Å²) in [5.41, 5.74) is 6.91. The Bertz CT molecular complexity index is 602. The van der Waals surface area contributed by atoms with E-state index in [1.807, 2.05) is 31.3 Å². The smallest absolute Gasteiger partial charge is 0.269 e. The van der Waals surface area contributed by atoms with E-state index >= 15 is 0 Å². The van der Waals surface area contributed by atoms with E-state index in [-0.39, 0.29) is 5.56 Å². The average molecular weight is 262 g/mol. The fourth-order valence-corrected chi connectivity index (χ4v) is 1.78. The van der Waals surface area contributed by atoms with E-state index in [1.165, 1.54) is 4.68 Å². The first-order valence-corrected chi connectivity index (χ1v) is 6.07. The van der Waals surface area contributed by atoms with E-state index in [9.17, 15) is 4.79 Å². The number of aromatic nitrogens is 4. The topological polar surface area (TPSA) is 82.0 Å². The first-order chi connectivity index (χ1) is 9.10. The molecule has 0 atom stereocenters. The monoisotopic (exact) mass is 262 g/mol. The van der Waals surface area contributed by atoms with Crippen molar-refractivity contribution in [2.45, 2.75) is 6.54 Å². The molecule has 2 rings (SSSR count). The van der Waals surface area contributed by atoms with Crippen LogP contribution in [0.1, 0.15) is 5.69 Å². The van der Waals surface area contributed by atoms with Crippen LogP contribution in [0.3, 0.4) is 0 Å². The van der Waals surface area contributed by atoms with E-state index in [2.05, 4.69) is 10.2 Å². The molecule has 2 heterocycles. The molecule has 0 unspecified atom stereocenters. The van der Waals surface area contributed by atoms with Crippen LogP contribution in [0.5, 0.6) is 0 Å². The van der Waals surface area contributed by atoms with Crippen LogP contribution >= 0.6 is 0 Å². The Balaban J connectivity index is 2.17. The number of nitrogens with two attached hydrogens (primary N) is 1. The highest BCUT2D eigenvalue weighted by molar-refractivity contribution is 5.41. The van der Waals surface area contributed by atoms with Crippen LogP contribution in [0.2, 0.25) is 0 Å². The van der Waals surface area contributed by atoms with Gasteiger partial charge in [-0.3, -0.25) is 9.48 Å². The molecule has 102 valence electrons. The summed E-state index contributed by atoms with van der Waals surface area (Å²) in [5.74, 6) is 0. The van der Waals surface area contributed by atoms with Crippen molar-refractivity contribution < 1.29 is 0 Å². The van der Waals surface area contributed by atoms with Crippen LogP contribution in [-0.2, 0) is 13.6 Å². The molecule has 0 saturated carbocycles. The highest BCUT2D eigenvalue weighted by Crippen LogP contribution is 2.06. The van der Waals surface area contributed by atoms with E-state index < -0.39 is 0 Å². The van der Waals surface area contributed by atoms with Crippen molar-refractivity contribution in [3.05, 3.63) is 40.6 Å². The molecule has 2 aromatic heterocycles. The maximum absolute atomic E-state index is 12.0. The van der Waals surface area contributed by atoms with Gasteiger partial charge < -0.3 is 10.6 Å². The van der Waals surface area contributed by atoms with Crippen LogP contribution < -0.4 is 16.2 Å². The van der Waals surface area contributed by atoms with E-state index in [0.29, 0.717) is 19.6 Å². The minimum atomic E-state index is -0.146. The summed E-state index contributed by atoms with van der Waals surface area (Å²) >= 11 is 0. The maximum Gasteiger partial charge on any atom is 0.269 e. The third-order valence-corrected chi connectivity index (χ3v) is 2.84. The molecule has 0 aliphatic heterocycles. The van der Waals surface area contributed by atoms with Gasteiger partial charge in [-0.15, -0.1) is 0 Å². The molecule has 7 nitrogen and oxygen atoms in total. The number of hydrogen-bond donors (Lipinski definition) is 1. The largest absolute Gasteiger partial charge is 0.372 e. The Labute approximate surface area is 111 Å². The van der Waals surface area contributed by atoms with Gasteiger partial charge in [0.05, 0.1) is 24.1 Å². The number of anilines is 1. The molecule has 2 N–H and O–H groups in total. The van der Waals surface area contributed by atoms with Crippen molar-refractivity contribution in [2.24, 2.45) is 12.8 Å². The summed E-state index contributed by atoms with van der Waals surface area (Å²) in [7, 11) is 3.72. The standard InChI is InChI=1S/C12H18N6O/c1-16(6-4-13)11-7-12(19)18(14-8-11)9-10-3-5-17(2)15-10/h3,5,7-8H,4,6,9,13H2,1-2H3. The lowest BCUT2D eigenvalue weighted by Gasteiger charge is -2.17. The molecular formula is C12H18N6O. The van der Waals surface area contributed by atoms with Crippen LogP contribution in [0.25, 0.3) is 0 Å². The molecule has 0 fully saturated rings. The van der Waals surface area contributed by atoms with Crippen LogP contribution in [-0.4, -0.2) is 39.7 Å². The number of likely N-dealkylation sites (N-methyl/N-ethyl adjacent to an activating group) is 1. The van der Waals surface area contributed by atoms with Gasteiger partial charge in [-0.25, -0.2) is 4.68 Å². The highest BCUT2D eigenvalue weighted by atomic mass is 16.1. The molecule has 2 aromatic rings. The molecule has 19 heavy (non-hydrogen) atoms. The molecule has 0 aromatic carbocycles. The first-order valence-electron chi connectivity index (χ1n) is 6.07. The van der Waals surface area contributed by atoms with E-state index in [0.717, 1.165) is 11.4 Å². The summed E-state index contributed by atoms with van der Waals surface area (Å²) in [6.45, 7) is 1.60. The molecule has 0 radical (unpaired) electrons. The first kappa shape index (κ1) is 13.3. The van der Waals surface area contributed by atoms with Gasteiger partial charge in [0.2, 0.25) is 0 Å². The summed E-state index contributed by atoms with van der Waals surface area (Å²) < 4.78 is 3.09. The summed E-state index contributed by atoms with van der Waals surface area (Å²) in [6.07, 6.45) is 3.50. The van der Waals surface area contributed by atoms with Crippen LogP contribution in [0.15, 0.2) is 29.3 Å². The van der Waals surface area contributed by atoms with Crippen LogP contribution in [0, 0.1) is 0 Å². The maximum atomic E-state index is 12.0. The van der Waals surface area contributed by atoms with Gasteiger partial charge in [0.1, 0.15) is 0 Å². The minimum Gasteiger partial charge on any atom is -0.372 e. The Kier molecular flexibility index (Phi) is 3.96. The third kappa shape index (κ3) is 3.19. The fourth-order valence-electron chi connectivity index (χ4n) is 1.78. The molecule has 0 amide bonds. The van der Waals surface area contributed by atoms with Crippen molar-refractivity contribution in [3.8, 4) is 0 Å². The molecule has 0 saturated heterocycles. The molecule has 0 aliphatic carbocycles. The fraction of sp³-hybridized carbons (Fsp3) is 0.417. The van der Waals surface area contributed by atoms with Crippen molar-refractivity contribution in [3.63, 3.8) is 0 Å². The van der Waals surface area contributed by atoms with Crippen molar-refractivity contribution in [1.82, 2.24) is 19.6 Å². The zero-order valence-corrected chi connectivity index (χ0v) is 11.2. The summed E-state index contributed by atoms with van der Waals surface area (Å²) in [5, 5.41) is 8.38. The van der Waals surface area contributed by atoms with Gasteiger partial charge in [0, 0.05) is 39.4 Å². The molecule has 0 bridgehead atoms. The van der Waals surface area contributed by atoms with Gasteiger partial charge >= 0.3 is 0 Å². The normalized spacial score (nSPS) is 10.7. The Hall–Kier alpha value is -2.15. The lowest BCUT2D eigenvalue weighted by Crippen LogP contribution is -2.29. The number of aryl methyl sites for hydroxylation is 1. The van der Waals surface area contributed by atoms with Gasteiger partial charge in [0.25, 0.3) is 5.56 Å². The minimum absolute atomic E-state index is 0.146. The predicted molar refractivity (Wildman–Crippen MR) is 73.1 cm³/mol. The van der Waals surface area contributed by atoms with E-state index in [4.69, 9.17) is 5.73 Å². The second-order valence-corrected chi connectivity index (χ2v) is 4.40. The summed E-state index contributed by atoms with van der Waals surface area (Å²) in [4.78, 5) is 13.9. The quantitative estimate of drug-likeness (QED) is 0.779. The van der Waals surface area contributed by atoms with Crippen molar-refractivity contribution in [1.29, 1.82) is 0 Å². The third-order valence-electron chi connectivity index (χ3n) is 2.84. The lowest BCUT2D eigenvalue weighted by molar-refractivity contribution is 0.613. The predicted octanol–water partition coefficient (Wildman–Crippen LogP) is -0.580. The molecular weight excluding hydrogens is 244 g/mol. The van der Waals surface area contributed by atoms with Crippen molar-refractivity contribution >= 4 is 5.69 Å². The number of rotatable bonds is 5. The van der Waals surface area contributed by atoms with Crippen LogP contribution in [0.4, 0.5) is 5.69 Å². The zero-order valence-electron chi connectivity index (χ0n) is 11.2. The van der Waals surface area contributed by atoms with Gasteiger partial charge in [-0.1, -0.05) is 0 Å². The van der Waals surface area contributed by atoms with Gasteiger partial charge in [-0.2, -0.15) is 10.2 Å². The number of hydrogen-bond acceptors (Lipinski definition) is 5. The highest BCUT2D eigenvalue weighted by Gasteiger charge is 2.06. The molecule has 0 aliphatic rings. The Morgan fingerprint density at radius 1 is 1.47 bits per heavy atom. The van der Waals surface area contributed by atoms with Gasteiger partial charge in [-0.05, 0) is 6.07 Å². The summed E-state index contributed by atoms with van der Waals surface area (Å²) in [6, 6.07) is 3.42. The second-order valence-electron chi connectivity index (χ2n) is 4.40. The van der Waals surface area contributed by atoms with E-state index in [1.54, 1.807) is 16.9 Å². The lowest BCUT2D eigenvalue weighted by atomic mass is 10.4. The average Bonchev–Trinajstić information content (AvgIpc) is 2.78. The SMILES string of the molecule is CN(CCN)c1cnn(Cc2ccn(C)n2)c(=O)c1. The Morgan fingerprint density at radius 2 is 2.26 bits per heavy atom. The molecule has 0 spiro atoms.